The first-order chi connectivity index (χ1) is 18.5. The zero-order valence-electron chi connectivity index (χ0n) is 23.3. The molecule has 4 aromatic carbocycles. The highest BCUT2D eigenvalue weighted by Gasteiger charge is 2.05. The number of aryl methyl sites for hydroxylation is 4. The summed E-state index contributed by atoms with van der Waals surface area (Å²) in [7, 11) is 0. The number of rotatable bonds is 13. The van der Waals surface area contributed by atoms with Gasteiger partial charge in [-0.1, -0.05) is 87.4 Å². The Labute approximate surface area is 230 Å². The SMILES string of the molecule is CCc1cc(N)ccc1Cc1ccc(CCCCCCc2ccc(Cc3ccc(N)cc3CC)cc2)cc1. The van der Waals surface area contributed by atoms with E-state index >= 15 is 0 Å². The van der Waals surface area contributed by atoms with Gasteiger partial charge in [0.25, 0.3) is 0 Å². The number of nitrogens with two attached hydrogens (primary N) is 2. The smallest absolute Gasteiger partial charge is 0.0316 e. The highest BCUT2D eigenvalue weighted by Crippen LogP contribution is 2.21. The van der Waals surface area contributed by atoms with Gasteiger partial charge < -0.3 is 11.5 Å². The molecule has 4 N–H and O–H groups in total. The van der Waals surface area contributed by atoms with E-state index < -0.39 is 0 Å². The van der Waals surface area contributed by atoms with Crippen LogP contribution in [0.3, 0.4) is 0 Å². The third-order valence-corrected chi connectivity index (χ3v) is 7.74. The minimum absolute atomic E-state index is 0.856. The molecule has 198 valence electrons. The van der Waals surface area contributed by atoms with Crippen LogP contribution in [0.4, 0.5) is 11.4 Å². The van der Waals surface area contributed by atoms with E-state index in [4.69, 9.17) is 11.5 Å². The highest BCUT2D eigenvalue weighted by molar-refractivity contribution is 5.47. The van der Waals surface area contributed by atoms with Crippen LogP contribution in [-0.4, -0.2) is 0 Å². The molecule has 38 heavy (non-hydrogen) atoms. The van der Waals surface area contributed by atoms with Gasteiger partial charge in [0, 0.05) is 11.4 Å². The summed E-state index contributed by atoms with van der Waals surface area (Å²) in [5, 5.41) is 0. The van der Waals surface area contributed by atoms with E-state index in [0.717, 1.165) is 37.1 Å². The van der Waals surface area contributed by atoms with Crippen molar-refractivity contribution in [3.8, 4) is 0 Å². The molecule has 0 saturated carbocycles. The third kappa shape index (κ3) is 7.99. The molecule has 0 bridgehead atoms. The standard InChI is InChI=1S/C36H44N2/c1-3-31-25-35(37)21-19-33(31)23-29-15-11-27(12-16-29)9-7-5-6-8-10-28-13-17-30(18-14-28)24-34-20-22-36(38)26-32(34)4-2/h11-22,25-26H,3-10,23-24,37-38H2,1-2H3. The Kier molecular flexibility index (Phi) is 10.0. The molecular weight excluding hydrogens is 460 g/mol. The topological polar surface area (TPSA) is 52.0 Å². The van der Waals surface area contributed by atoms with Crippen LogP contribution in [0, 0.1) is 0 Å². The molecule has 0 heterocycles. The third-order valence-electron chi connectivity index (χ3n) is 7.74. The second-order valence-corrected chi connectivity index (χ2v) is 10.7. The second kappa shape index (κ2) is 13.9. The number of hydrogen-bond donors (Lipinski definition) is 2. The Morgan fingerprint density at radius 3 is 1.16 bits per heavy atom. The molecule has 0 atom stereocenters. The molecule has 2 nitrogen and oxygen atoms in total. The predicted molar refractivity (Wildman–Crippen MR) is 165 cm³/mol. The molecular formula is C36H44N2. The van der Waals surface area contributed by atoms with Crippen LogP contribution in [0.1, 0.15) is 84.0 Å². The monoisotopic (exact) mass is 504 g/mol. The molecule has 2 heteroatoms. The molecule has 0 aliphatic heterocycles. The molecule has 4 aromatic rings. The van der Waals surface area contributed by atoms with E-state index in [1.54, 1.807) is 0 Å². The largest absolute Gasteiger partial charge is 0.399 e. The highest BCUT2D eigenvalue weighted by atomic mass is 14.5. The first-order valence-electron chi connectivity index (χ1n) is 14.4. The Morgan fingerprint density at radius 1 is 0.421 bits per heavy atom. The van der Waals surface area contributed by atoms with Gasteiger partial charge in [-0.25, -0.2) is 0 Å². The Morgan fingerprint density at radius 2 is 0.789 bits per heavy atom. The fourth-order valence-corrected chi connectivity index (χ4v) is 5.39. The minimum Gasteiger partial charge on any atom is -0.399 e. The molecule has 0 aromatic heterocycles. The van der Waals surface area contributed by atoms with Crippen LogP contribution in [0.5, 0.6) is 0 Å². The summed E-state index contributed by atoms with van der Waals surface area (Å²) in [6, 6.07) is 31.1. The van der Waals surface area contributed by atoms with Crippen LogP contribution >= 0.6 is 0 Å². The van der Waals surface area contributed by atoms with Gasteiger partial charge in [0.2, 0.25) is 0 Å². The van der Waals surface area contributed by atoms with Gasteiger partial charge >= 0.3 is 0 Å². The number of benzene rings is 4. The molecule has 0 spiro atoms. The molecule has 0 saturated heterocycles. The summed E-state index contributed by atoms with van der Waals surface area (Å²) in [6.07, 6.45) is 11.4. The van der Waals surface area contributed by atoms with Gasteiger partial charge in [0.05, 0.1) is 0 Å². The molecule has 0 fully saturated rings. The molecule has 4 rings (SSSR count). The van der Waals surface area contributed by atoms with E-state index in [1.165, 1.54) is 83.0 Å². The summed E-state index contributed by atoms with van der Waals surface area (Å²) in [5.41, 5.74) is 24.8. The molecule has 0 amide bonds. The van der Waals surface area contributed by atoms with Crippen LogP contribution in [0.25, 0.3) is 0 Å². The number of anilines is 2. The number of nitrogen functional groups attached to an aromatic ring is 2. The van der Waals surface area contributed by atoms with Crippen LogP contribution in [0.15, 0.2) is 84.9 Å². The van der Waals surface area contributed by atoms with Crippen molar-refractivity contribution in [3.05, 3.63) is 129 Å². The first kappa shape index (κ1) is 27.5. The lowest BCUT2D eigenvalue weighted by molar-refractivity contribution is 0.640. The van der Waals surface area contributed by atoms with Crippen molar-refractivity contribution in [1.82, 2.24) is 0 Å². The van der Waals surface area contributed by atoms with Crippen LogP contribution in [0.2, 0.25) is 0 Å². The van der Waals surface area contributed by atoms with Gasteiger partial charge in [0.1, 0.15) is 0 Å². The lowest BCUT2D eigenvalue weighted by Gasteiger charge is -2.10. The predicted octanol–water partition coefficient (Wildman–Crippen LogP) is 8.50. The zero-order chi connectivity index (χ0) is 26.7. The fraction of sp³-hybridized carbons (Fsp3) is 0.333. The number of hydrogen-bond acceptors (Lipinski definition) is 2. The Bertz CT molecular complexity index is 1180. The maximum Gasteiger partial charge on any atom is 0.0316 e. The van der Waals surface area contributed by atoms with Crippen LogP contribution in [-0.2, 0) is 38.5 Å². The number of unbranched alkanes of at least 4 members (excludes halogenated alkanes) is 3. The molecule has 0 aliphatic carbocycles. The lowest BCUT2D eigenvalue weighted by atomic mass is 9.96. The van der Waals surface area contributed by atoms with Crippen molar-refractivity contribution in [2.24, 2.45) is 0 Å². The van der Waals surface area contributed by atoms with E-state index in [2.05, 4.69) is 86.6 Å². The second-order valence-electron chi connectivity index (χ2n) is 10.7. The maximum absolute atomic E-state index is 5.96. The minimum atomic E-state index is 0.856. The quantitative estimate of drug-likeness (QED) is 0.142. The summed E-state index contributed by atoms with van der Waals surface area (Å²) in [6.45, 7) is 4.40. The lowest BCUT2D eigenvalue weighted by Crippen LogP contribution is -1.97. The summed E-state index contributed by atoms with van der Waals surface area (Å²) >= 11 is 0. The van der Waals surface area contributed by atoms with Gasteiger partial charge in [-0.05, 0) is 120 Å². The van der Waals surface area contributed by atoms with Gasteiger partial charge in [-0.3, -0.25) is 0 Å². The van der Waals surface area contributed by atoms with Crippen molar-refractivity contribution in [1.29, 1.82) is 0 Å². The summed E-state index contributed by atoms with van der Waals surface area (Å²) < 4.78 is 0. The van der Waals surface area contributed by atoms with Crippen molar-refractivity contribution in [2.75, 3.05) is 11.5 Å². The van der Waals surface area contributed by atoms with Crippen molar-refractivity contribution < 1.29 is 0 Å². The average molecular weight is 505 g/mol. The van der Waals surface area contributed by atoms with E-state index in [0.29, 0.717) is 0 Å². The van der Waals surface area contributed by atoms with Gasteiger partial charge in [-0.2, -0.15) is 0 Å². The first-order valence-corrected chi connectivity index (χ1v) is 14.4. The normalized spacial score (nSPS) is 11.1. The fourth-order valence-electron chi connectivity index (χ4n) is 5.39. The maximum atomic E-state index is 5.96. The van der Waals surface area contributed by atoms with Gasteiger partial charge in [0.15, 0.2) is 0 Å². The average Bonchev–Trinajstić information content (AvgIpc) is 2.94. The van der Waals surface area contributed by atoms with Crippen molar-refractivity contribution in [3.63, 3.8) is 0 Å². The van der Waals surface area contributed by atoms with Crippen LogP contribution < -0.4 is 11.5 Å². The Hall–Kier alpha value is -3.52. The van der Waals surface area contributed by atoms with Crippen molar-refractivity contribution >= 4 is 11.4 Å². The van der Waals surface area contributed by atoms with Crippen molar-refractivity contribution in [2.45, 2.75) is 78.1 Å². The zero-order valence-corrected chi connectivity index (χ0v) is 23.3. The van der Waals surface area contributed by atoms with E-state index in [-0.39, 0.29) is 0 Å². The molecule has 0 radical (unpaired) electrons. The molecule has 0 aliphatic rings. The van der Waals surface area contributed by atoms with E-state index in [1.807, 2.05) is 12.1 Å². The molecule has 0 unspecified atom stereocenters. The van der Waals surface area contributed by atoms with Gasteiger partial charge in [-0.15, -0.1) is 0 Å². The summed E-state index contributed by atoms with van der Waals surface area (Å²) in [5.74, 6) is 0. The summed E-state index contributed by atoms with van der Waals surface area (Å²) in [4.78, 5) is 0. The Balaban J connectivity index is 1.15. The van der Waals surface area contributed by atoms with E-state index in [9.17, 15) is 0 Å².